The maximum Gasteiger partial charge on any atom is 0.189 e. The van der Waals surface area contributed by atoms with Gasteiger partial charge < -0.3 is 20.1 Å². The van der Waals surface area contributed by atoms with Crippen molar-refractivity contribution in [2.45, 2.75) is 19.4 Å². The van der Waals surface area contributed by atoms with Gasteiger partial charge in [-0.1, -0.05) is 0 Å². The van der Waals surface area contributed by atoms with Gasteiger partial charge in [0, 0.05) is 13.3 Å². The van der Waals surface area contributed by atoms with Gasteiger partial charge in [0.05, 0.1) is 6.61 Å². The average molecular weight is 189 g/mol. The third-order valence-electron chi connectivity index (χ3n) is 1.69. The van der Waals surface area contributed by atoms with Crippen LogP contribution in [0.25, 0.3) is 0 Å². The molecule has 0 amide bonds. The first-order valence-corrected chi connectivity index (χ1v) is 4.15. The zero-order valence-corrected chi connectivity index (χ0v) is 7.64. The number of aliphatic hydroxyl groups is 2. The molecule has 0 spiro atoms. The van der Waals surface area contributed by atoms with Crippen molar-refractivity contribution in [3.63, 3.8) is 0 Å². The van der Waals surface area contributed by atoms with E-state index in [0.29, 0.717) is 6.42 Å². The zero-order chi connectivity index (χ0) is 10.3. The van der Waals surface area contributed by atoms with Crippen molar-refractivity contribution in [2.75, 3.05) is 19.8 Å². The number of carboxylic acids is 1. The number of aliphatic hydroxyl groups excluding tert-OH is 2. The molecular formula is C8H15NO4. The van der Waals surface area contributed by atoms with E-state index in [0.717, 1.165) is 0 Å². The zero-order valence-electron chi connectivity index (χ0n) is 7.64. The summed E-state index contributed by atoms with van der Waals surface area (Å²) in [6.45, 7) is 1.54. The van der Waals surface area contributed by atoms with Gasteiger partial charge in [0.15, 0.2) is 12.6 Å². The normalized spacial score (nSPS) is 14.2. The summed E-state index contributed by atoms with van der Waals surface area (Å²) in [5.74, 6) is -1.19. The molecule has 0 radical (unpaired) electrons. The van der Waals surface area contributed by atoms with Crippen LogP contribution in [0.3, 0.4) is 0 Å². The summed E-state index contributed by atoms with van der Waals surface area (Å²) in [5.41, 5.74) is 0. The number of nitrogens with zero attached hydrogens (tertiary/aromatic N) is 1. The lowest BCUT2D eigenvalue weighted by atomic mass is 10.3. The van der Waals surface area contributed by atoms with Gasteiger partial charge in [-0.25, -0.2) is 4.58 Å². The van der Waals surface area contributed by atoms with E-state index in [1.807, 2.05) is 0 Å². The second kappa shape index (κ2) is 6.56. The van der Waals surface area contributed by atoms with Gasteiger partial charge in [-0.3, -0.25) is 0 Å². The second-order valence-corrected chi connectivity index (χ2v) is 2.65. The van der Waals surface area contributed by atoms with Crippen LogP contribution in [0.15, 0.2) is 0 Å². The highest BCUT2D eigenvalue weighted by atomic mass is 16.4. The third kappa shape index (κ3) is 4.59. The molecule has 5 heteroatoms. The van der Waals surface area contributed by atoms with Crippen LogP contribution < -0.4 is 5.11 Å². The Labute approximate surface area is 76.9 Å². The highest BCUT2D eigenvalue weighted by Gasteiger charge is 2.14. The minimum Gasteiger partial charge on any atom is -0.543 e. The van der Waals surface area contributed by atoms with Crippen LogP contribution in [-0.2, 0) is 4.79 Å². The lowest BCUT2D eigenvalue weighted by Crippen LogP contribution is -2.42. The molecule has 0 aliphatic rings. The molecule has 0 bridgehead atoms. The number of aliphatic carboxylic acids is 1. The first kappa shape index (κ1) is 12.1. The van der Waals surface area contributed by atoms with Gasteiger partial charge in [0.2, 0.25) is 0 Å². The van der Waals surface area contributed by atoms with E-state index in [4.69, 9.17) is 10.2 Å². The lowest BCUT2D eigenvalue weighted by molar-refractivity contribution is -0.559. The van der Waals surface area contributed by atoms with Crippen molar-refractivity contribution in [3.05, 3.63) is 0 Å². The Balaban J connectivity index is 4.30. The SMILES string of the molecule is CC(C(=O)[O-])[N+](=CCCO)CCO. The standard InChI is InChI=1S/C8H15NO4/c1-7(8(12)13)9(4-6-11)3-2-5-10/h3,7,10-11H,2,4-6H2,1H3. The van der Waals surface area contributed by atoms with Gasteiger partial charge in [0.1, 0.15) is 18.8 Å². The monoisotopic (exact) mass is 189 g/mol. The minimum absolute atomic E-state index is 0.0400. The molecule has 0 saturated carbocycles. The van der Waals surface area contributed by atoms with E-state index in [1.165, 1.54) is 11.5 Å². The van der Waals surface area contributed by atoms with Crippen molar-refractivity contribution >= 4 is 12.2 Å². The summed E-state index contributed by atoms with van der Waals surface area (Å²) in [7, 11) is 0. The Bertz CT molecular complexity index is 191. The van der Waals surface area contributed by atoms with Crippen LogP contribution in [0.1, 0.15) is 13.3 Å². The maximum absolute atomic E-state index is 10.5. The smallest absolute Gasteiger partial charge is 0.189 e. The van der Waals surface area contributed by atoms with E-state index in [1.54, 1.807) is 6.21 Å². The molecule has 0 aromatic rings. The van der Waals surface area contributed by atoms with E-state index in [9.17, 15) is 9.90 Å². The summed E-state index contributed by atoms with van der Waals surface area (Å²) in [6, 6.07) is -0.779. The molecule has 0 rings (SSSR count). The quantitative estimate of drug-likeness (QED) is 0.360. The fourth-order valence-electron chi connectivity index (χ4n) is 0.917. The summed E-state index contributed by atoms with van der Waals surface area (Å²) < 4.78 is 1.44. The lowest BCUT2D eigenvalue weighted by Gasteiger charge is -2.11. The number of carboxylic acid groups (broad SMARTS) is 1. The predicted molar refractivity (Wildman–Crippen MR) is 44.4 cm³/mol. The molecule has 0 fully saturated rings. The molecule has 1 atom stereocenters. The predicted octanol–water partition coefficient (Wildman–Crippen LogP) is -2.42. The van der Waals surface area contributed by atoms with Crippen molar-refractivity contribution in [3.8, 4) is 0 Å². The molecule has 0 heterocycles. The van der Waals surface area contributed by atoms with Crippen LogP contribution in [0.4, 0.5) is 0 Å². The Morgan fingerprint density at radius 2 is 2.15 bits per heavy atom. The molecule has 0 aliphatic heterocycles. The van der Waals surface area contributed by atoms with Gasteiger partial charge in [0.25, 0.3) is 0 Å². The fraction of sp³-hybridized carbons (Fsp3) is 0.750. The van der Waals surface area contributed by atoms with Crippen LogP contribution in [0.2, 0.25) is 0 Å². The van der Waals surface area contributed by atoms with Gasteiger partial charge in [-0.15, -0.1) is 0 Å². The largest absolute Gasteiger partial charge is 0.543 e. The minimum atomic E-state index is -1.19. The third-order valence-corrected chi connectivity index (χ3v) is 1.69. The van der Waals surface area contributed by atoms with Crippen molar-refractivity contribution in [1.29, 1.82) is 0 Å². The number of carbonyl (C=O) groups excluding carboxylic acids is 1. The van der Waals surface area contributed by atoms with E-state index >= 15 is 0 Å². The Hall–Kier alpha value is -0.940. The molecular weight excluding hydrogens is 174 g/mol. The van der Waals surface area contributed by atoms with Crippen LogP contribution in [0.5, 0.6) is 0 Å². The molecule has 0 aromatic carbocycles. The van der Waals surface area contributed by atoms with Crippen LogP contribution in [-0.4, -0.2) is 52.8 Å². The topological polar surface area (TPSA) is 83.6 Å². The molecule has 0 aromatic heterocycles. The number of carbonyl (C=O) groups is 1. The molecule has 13 heavy (non-hydrogen) atoms. The summed E-state index contributed by atoms with van der Waals surface area (Å²) in [4.78, 5) is 10.5. The molecule has 5 nitrogen and oxygen atoms in total. The molecule has 1 unspecified atom stereocenters. The second-order valence-electron chi connectivity index (χ2n) is 2.65. The fourth-order valence-corrected chi connectivity index (χ4v) is 0.917. The van der Waals surface area contributed by atoms with Gasteiger partial charge in [-0.05, 0) is 0 Å². The summed E-state index contributed by atoms with van der Waals surface area (Å²) in [5, 5.41) is 27.6. The highest BCUT2D eigenvalue weighted by Crippen LogP contribution is 1.88. The van der Waals surface area contributed by atoms with E-state index in [-0.39, 0.29) is 19.8 Å². The number of hydrogen-bond donors (Lipinski definition) is 2. The summed E-state index contributed by atoms with van der Waals surface area (Å²) >= 11 is 0. The maximum atomic E-state index is 10.5. The van der Waals surface area contributed by atoms with Crippen LogP contribution in [0, 0.1) is 0 Å². The van der Waals surface area contributed by atoms with Crippen molar-refractivity contribution in [1.82, 2.24) is 0 Å². The summed E-state index contributed by atoms with van der Waals surface area (Å²) in [6.07, 6.45) is 1.92. The van der Waals surface area contributed by atoms with Crippen molar-refractivity contribution in [2.24, 2.45) is 0 Å². The number of rotatable bonds is 6. The van der Waals surface area contributed by atoms with E-state index in [2.05, 4.69) is 0 Å². The highest BCUT2D eigenvalue weighted by molar-refractivity contribution is 5.70. The average Bonchev–Trinajstić information content (AvgIpc) is 2.11. The van der Waals surface area contributed by atoms with Gasteiger partial charge in [-0.2, -0.15) is 0 Å². The van der Waals surface area contributed by atoms with E-state index < -0.39 is 12.0 Å². The molecule has 2 N–H and O–H groups in total. The molecule has 0 aliphatic carbocycles. The molecule has 0 saturated heterocycles. The molecule has 76 valence electrons. The first-order chi connectivity index (χ1) is 6.13. The Morgan fingerprint density at radius 1 is 1.54 bits per heavy atom. The van der Waals surface area contributed by atoms with Crippen molar-refractivity contribution < 1.29 is 24.7 Å². The Morgan fingerprint density at radius 3 is 2.54 bits per heavy atom. The van der Waals surface area contributed by atoms with Gasteiger partial charge >= 0.3 is 0 Å². The van der Waals surface area contributed by atoms with Crippen LogP contribution >= 0.6 is 0 Å². The Kier molecular flexibility index (Phi) is 6.09. The number of hydrogen-bond acceptors (Lipinski definition) is 4. The first-order valence-electron chi connectivity index (χ1n) is 4.15.